The number of carbonyl (C=O) groups excluding carboxylic acids is 1. The van der Waals surface area contributed by atoms with E-state index in [0.29, 0.717) is 29.5 Å². The van der Waals surface area contributed by atoms with Crippen molar-refractivity contribution in [1.82, 2.24) is 20.3 Å². The summed E-state index contributed by atoms with van der Waals surface area (Å²) in [7, 11) is 1.63. The van der Waals surface area contributed by atoms with E-state index in [1.54, 1.807) is 23.9 Å². The van der Waals surface area contributed by atoms with Crippen LogP contribution in [0.15, 0.2) is 48.5 Å². The van der Waals surface area contributed by atoms with E-state index in [0.717, 1.165) is 16.9 Å². The molecular weight excluding hydrogens is 380 g/mol. The van der Waals surface area contributed by atoms with Gasteiger partial charge in [-0.05, 0) is 35.4 Å². The smallest absolute Gasteiger partial charge is 0.274 e. The van der Waals surface area contributed by atoms with Crippen molar-refractivity contribution in [2.45, 2.75) is 25.8 Å². The lowest BCUT2D eigenvalue weighted by Gasteiger charge is -2.24. The van der Waals surface area contributed by atoms with Gasteiger partial charge < -0.3 is 14.8 Å². The van der Waals surface area contributed by atoms with Crippen molar-refractivity contribution >= 4 is 17.5 Å². The van der Waals surface area contributed by atoms with E-state index >= 15 is 0 Å². The number of hydrogen-bond donors (Lipinski definition) is 1. The predicted molar refractivity (Wildman–Crippen MR) is 103 cm³/mol. The number of ether oxygens (including phenoxy) is 2. The van der Waals surface area contributed by atoms with Crippen LogP contribution < -0.4 is 10.1 Å². The van der Waals surface area contributed by atoms with Gasteiger partial charge in [-0.15, -0.1) is 5.10 Å². The second kappa shape index (κ2) is 8.00. The van der Waals surface area contributed by atoms with Crippen LogP contribution in [-0.2, 0) is 24.4 Å². The van der Waals surface area contributed by atoms with Crippen LogP contribution >= 0.6 is 11.6 Å². The minimum Gasteiger partial charge on any atom is -0.497 e. The molecule has 2 aromatic carbocycles. The van der Waals surface area contributed by atoms with Crippen LogP contribution in [0.3, 0.4) is 0 Å². The molecule has 1 aromatic heterocycles. The fourth-order valence-electron chi connectivity index (χ4n) is 3.08. The number of benzene rings is 2. The molecule has 144 valence electrons. The summed E-state index contributed by atoms with van der Waals surface area (Å²) in [6.07, 6.45) is -0.148. The summed E-state index contributed by atoms with van der Waals surface area (Å²) in [5.41, 5.74) is 2.95. The van der Waals surface area contributed by atoms with Crippen molar-refractivity contribution < 1.29 is 14.3 Å². The molecule has 0 bridgehead atoms. The van der Waals surface area contributed by atoms with E-state index < -0.39 is 0 Å². The summed E-state index contributed by atoms with van der Waals surface area (Å²) in [5.74, 6) is 0.517. The van der Waals surface area contributed by atoms with Gasteiger partial charge in [0, 0.05) is 11.6 Å². The lowest BCUT2D eigenvalue weighted by Crippen LogP contribution is -2.27. The zero-order valence-electron chi connectivity index (χ0n) is 15.3. The largest absolute Gasteiger partial charge is 0.497 e. The van der Waals surface area contributed by atoms with E-state index in [2.05, 4.69) is 15.6 Å². The van der Waals surface area contributed by atoms with Crippen molar-refractivity contribution in [1.29, 1.82) is 0 Å². The molecule has 0 unspecified atom stereocenters. The number of carbonyl (C=O) groups is 1. The number of nitrogens with zero attached hydrogens (tertiary/aromatic N) is 3. The summed E-state index contributed by atoms with van der Waals surface area (Å²) < 4.78 is 12.9. The van der Waals surface area contributed by atoms with Crippen LogP contribution in [0.2, 0.25) is 5.02 Å². The van der Waals surface area contributed by atoms with Gasteiger partial charge in [0.2, 0.25) is 0 Å². The maximum absolute atomic E-state index is 12.5. The molecule has 8 heteroatoms. The summed E-state index contributed by atoms with van der Waals surface area (Å²) in [6, 6.07) is 15.0. The van der Waals surface area contributed by atoms with E-state index in [-0.39, 0.29) is 18.6 Å². The third-order valence-electron chi connectivity index (χ3n) is 4.67. The standard InChI is InChI=1S/C20H19ClN4O3/c1-27-16-8-4-14(5-9-16)18-11-25-17(12-28-18)19(23-24-25)20(26)22-10-13-2-6-15(21)7-3-13/h2-9,18H,10-12H2,1H3,(H,22,26)/t18-/m1/s1. The van der Waals surface area contributed by atoms with Crippen LogP contribution in [-0.4, -0.2) is 28.0 Å². The van der Waals surface area contributed by atoms with Gasteiger partial charge in [-0.3, -0.25) is 4.79 Å². The lowest BCUT2D eigenvalue weighted by molar-refractivity contribution is -0.00179. The van der Waals surface area contributed by atoms with Crippen LogP contribution in [0.4, 0.5) is 0 Å². The molecule has 1 atom stereocenters. The summed E-state index contributed by atoms with van der Waals surface area (Å²) in [4.78, 5) is 12.5. The molecule has 0 aliphatic carbocycles. The number of halogens is 1. The number of aromatic nitrogens is 3. The number of rotatable bonds is 5. The Bertz CT molecular complexity index is 970. The topological polar surface area (TPSA) is 78.3 Å². The van der Waals surface area contributed by atoms with E-state index in [1.807, 2.05) is 36.4 Å². The average molecular weight is 399 g/mol. The Labute approximate surface area is 167 Å². The first kappa shape index (κ1) is 18.5. The minimum atomic E-state index is -0.275. The maximum atomic E-state index is 12.5. The first-order valence-electron chi connectivity index (χ1n) is 8.84. The number of fused-ring (bicyclic) bond motifs is 1. The molecule has 1 aliphatic heterocycles. The van der Waals surface area contributed by atoms with Crippen LogP contribution in [0.5, 0.6) is 5.75 Å². The van der Waals surface area contributed by atoms with Gasteiger partial charge >= 0.3 is 0 Å². The lowest BCUT2D eigenvalue weighted by atomic mass is 10.1. The minimum absolute atomic E-state index is 0.148. The third kappa shape index (κ3) is 3.85. The first-order valence-corrected chi connectivity index (χ1v) is 9.22. The maximum Gasteiger partial charge on any atom is 0.274 e. The Morgan fingerprint density at radius 2 is 2.00 bits per heavy atom. The van der Waals surface area contributed by atoms with Gasteiger partial charge in [-0.1, -0.05) is 41.1 Å². The van der Waals surface area contributed by atoms with Crippen LogP contribution in [0.1, 0.15) is 33.4 Å². The summed E-state index contributed by atoms with van der Waals surface area (Å²) in [5, 5.41) is 11.7. The van der Waals surface area contributed by atoms with Crippen molar-refractivity contribution in [2.24, 2.45) is 0 Å². The second-order valence-electron chi connectivity index (χ2n) is 6.45. The monoisotopic (exact) mass is 398 g/mol. The molecule has 7 nitrogen and oxygen atoms in total. The fourth-order valence-corrected chi connectivity index (χ4v) is 3.20. The Kier molecular flexibility index (Phi) is 5.27. The van der Waals surface area contributed by atoms with Crippen molar-refractivity contribution in [2.75, 3.05) is 7.11 Å². The number of nitrogens with one attached hydrogen (secondary N) is 1. The molecule has 1 amide bonds. The highest BCUT2D eigenvalue weighted by Crippen LogP contribution is 2.28. The van der Waals surface area contributed by atoms with Gasteiger partial charge in [0.25, 0.3) is 5.91 Å². The molecule has 1 N–H and O–H groups in total. The molecular formula is C20H19ClN4O3. The molecule has 4 rings (SSSR count). The number of methoxy groups -OCH3 is 1. The second-order valence-corrected chi connectivity index (χ2v) is 6.89. The zero-order chi connectivity index (χ0) is 19.5. The van der Waals surface area contributed by atoms with Crippen molar-refractivity contribution in [3.63, 3.8) is 0 Å². The average Bonchev–Trinajstić information content (AvgIpc) is 3.16. The van der Waals surface area contributed by atoms with Gasteiger partial charge in [-0.25, -0.2) is 4.68 Å². The van der Waals surface area contributed by atoms with E-state index in [4.69, 9.17) is 21.1 Å². The molecule has 0 saturated heterocycles. The predicted octanol–water partition coefficient (Wildman–Crippen LogP) is 3.14. The molecule has 28 heavy (non-hydrogen) atoms. The quantitative estimate of drug-likeness (QED) is 0.714. The van der Waals surface area contributed by atoms with Gasteiger partial charge in [0.1, 0.15) is 11.9 Å². The first-order chi connectivity index (χ1) is 13.6. The molecule has 0 saturated carbocycles. The molecule has 0 spiro atoms. The summed E-state index contributed by atoms with van der Waals surface area (Å²) in [6.45, 7) is 1.16. The van der Waals surface area contributed by atoms with Crippen molar-refractivity contribution in [3.05, 3.63) is 76.1 Å². The summed E-state index contributed by atoms with van der Waals surface area (Å²) >= 11 is 5.88. The Balaban J connectivity index is 1.42. The highest BCUT2D eigenvalue weighted by atomic mass is 35.5. The Morgan fingerprint density at radius 1 is 1.25 bits per heavy atom. The van der Waals surface area contributed by atoms with Crippen molar-refractivity contribution in [3.8, 4) is 5.75 Å². The van der Waals surface area contributed by atoms with Gasteiger partial charge in [0.15, 0.2) is 5.69 Å². The molecule has 2 heterocycles. The normalized spacial score (nSPS) is 15.7. The fraction of sp³-hybridized carbons (Fsp3) is 0.250. The highest BCUT2D eigenvalue weighted by molar-refractivity contribution is 6.30. The molecule has 3 aromatic rings. The number of amides is 1. The van der Waals surface area contributed by atoms with Gasteiger partial charge in [0.05, 0.1) is 26.0 Å². The SMILES string of the molecule is COc1ccc([C@H]2Cn3nnc(C(=O)NCc4ccc(Cl)cc4)c3CO2)cc1. The van der Waals surface area contributed by atoms with Crippen LogP contribution in [0.25, 0.3) is 0 Å². The molecule has 0 fully saturated rings. The molecule has 1 aliphatic rings. The Hall–Kier alpha value is -2.90. The molecule has 0 radical (unpaired) electrons. The van der Waals surface area contributed by atoms with E-state index in [9.17, 15) is 4.79 Å². The van der Waals surface area contributed by atoms with Crippen LogP contribution in [0, 0.1) is 0 Å². The number of hydrogen-bond acceptors (Lipinski definition) is 5. The third-order valence-corrected chi connectivity index (χ3v) is 4.92. The van der Waals surface area contributed by atoms with Gasteiger partial charge in [-0.2, -0.15) is 0 Å². The van der Waals surface area contributed by atoms with E-state index in [1.165, 1.54) is 0 Å². The zero-order valence-corrected chi connectivity index (χ0v) is 16.0. The Morgan fingerprint density at radius 3 is 2.71 bits per heavy atom. The highest BCUT2D eigenvalue weighted by Gasteiger charge is 2.27.